The van der Waals surface area contributed by atoms with Gasteiger partial charge in [0.25, 0.3) is 0 Å². The minimum atomic E-state index is 0.516. The van der Waals surface area contributed by atoms with E-state index in [0.717, 1.165) is 29.2 Å². The molecule has 0 radical (unpaired) electrons. The van der Waals surface area contributed by atoms with Gasteiger partial charge in [-0.3, -0.25) is 0 Å². The lowest BCUT2D eigenvalue weighted by atomic mass is 9.85. The molecule has 1 aliphatic rings. The quantitative estimate of drug-likeness (QED) is 0.658. The van der Waals surface area contributed by atoms with E-state index in [-0.39, 0.29) is 0 Å². The first-order chi connectivity index (χ1) is 10.8. The molecule has 22 heavy (non-hydrogen) atoms. The molecule has 0 atom stereocenters. The van der Waals surface area contributed by atoms with E-state index in [1.807, 2.05) is 18.2 Å². The summed E-state index contributed by atoms with van der Waals surface area (Å²) in [7, 11) is 1.69. The zero-order valence-corrected chi connectivity index (χ0v) is 13.0. The van der Waals surface area contributed by atoms with Gasteiger partial charge in [-0.25, -0.2) is 4.99 Å². The molecule has 0 amide bonds. The van der Waals surface area contributed by atoms with E-state index in [2.05, 4.69) is 28.5 Å². The molecule has 4 heteroatoms. The summed E-state index contributed by atoms with van der Waals surface area (Å²) in [5.41, 5.74) is 7.06. The smallest absolute Gasteiger partial charge is 0.188 e. The van der Waals surface area contributed by atoms with Crippen LogP contribution in [-0.2, 0) is 6.54 Å². The number of guanidine groups is 1. The van der Waals surface area contributed by atoms with Crippen molar-refractivity contribution in [3.8, 4) is 5.75 Å². The van der Waals surface area contributed by atoms with Gasteiger partial charge in [-0.1, -0.05) is 36.8 Å². The van der Waals surface area contributed by atoms with Gasteiger partial charge in [-0.15, -0.1) is 0 Å². The van der Waals surface area contributed by atoms with Crippen LogP contribution < -0.4 is 15.8 Å². The topological polar surface area (TPSA) is 59.6 Å². The second kappa shape index (κ2) is 6.69. The van der Waals surface area contributed by atoms with Crippen molar-refractivity contribution in [2.75, 3.05) is 13.7 Å². The molecule has 4 nitrogen and oxygen atoms in total. The van der Waals surface area contributed by atoms with E-state index in [4.69, 9.17) is 10.5 Å². The Morgan fingerprint density at radius 3 is 2.82 bits per heavy atom. The van der Waals surface area contributed by atoms with Crippen molar-refractivity contribution < 1.29 is 4.74 Å². The van der Waals surface area contributed by atoms with Gasteiger partial charge in [0.05, 0.1) is 13.7 Å². The monoisotopic (exact) mass is 297 g/mol. The number of nitrogens with one attached hydrogen (secondary N) is 1. The summed E-state index contributed by atoms with van der Waals surface area (Å²) in [6.45, 7) is 1.45. The van der Waals surface area contributed by atoms with Gasteiger partial charge < -0.3 is 15.8 Å². The number of ether oxygens (including phenoxy) is 1. The third-order valence-electron chi connectivity index (χ3n) is 4.42. The van der Waals surface area contributed by atoms with Crippen LogP contribution >= 0.6 is 0 Å². The van der Waals surface area contributed by atoms with Crippen molar-refractivity contribution in [1.29, 1.82) is 0 Å². The Hall–Kier alpha value is -2.23. The molecule has 1 aliphatic carbocycles. The van der Waals surface area contributed by atoms with Gasteiger partial charge in [0, 0.05) is 12.1 Å². The second-order valence-electron chi connectivity index (χ2n) is 5.85. The van der Waals surface area contributed by atoms with Gasteiger partial charge in [0.2, 0.25) is 0 Å². The zero-order chi connectivity index (χ0) is 15.4. The molecule has 3 rings (SSSR count). The predicted octanol–water partition coefficient (Wildman–Crippen LogP) is 3.05. The van der Waals surface area contributed by atoms with Gasteiger partial charge in [-0.2, -0.15) is 0 Å². The summed E-state index contributed by atoms with van der Waals surface area (Å²) < 4.78 is 5.48. The van der Waals surface area contributed by atoms with Crippen LogP contribution in [0.3, 0.4) is 0 Å². The van der Waals surface area contributed by atoms with Gasteiger partial charge in [-0.05, 0) is 35.6 Å². The number of fused-ring (bicyclic) bond motifs is 1. The van der Waals surface area contributed by atoms with Gasteiger partial charge in [0.1, 0.15) is 5.75 Å². The highest BCUT2D eigenvalue weighted by Gasteiger charge is 2.16. The van der Waals surface area contributed by atoms with Crippen LogP contribution in [0.4, 0.5) is 0 Å². The zero-order valence-electron chi connectivity index (χ0n) is 13.0. The third-order valence-corrected chi connectivity index (χ3v) is 4.42. The van der Waals surface area contributed by atoms with Crippen LogP contribution in [0.25, 0.3) is 10.8 Å². The first kappa shape index (κ1) is 14.7. The Balaban J connectivity index is 1.76. The highest BCUT2D eigenvalue weighted by molar-refractivity contribution is 5.88. The molecule has 1 fully saturated rings. The predicted molar refractivity (Wildman–Crippen MR) is 91.2 cm³/mol. The third kappa shape index (κ3) is 3.16. The van der Waals surface area contributed by atoms with Crippen LogP contribution in [-0.4, -0.2) is 19.6 Å². The summed E-state index contributed by atoms with van der Waals surface area (Å²) >= 11 is 0. The molecule has 116 valence electrons. The van der Waals surface area contributed by atoms with E-state index in [0.29, 0.717) is 12.5 Å². The Morgan fingerprint density at radius 1 is 1.27 bits per heavy atom. The highest BCUT2D eigenvalue weighted by atomic mass is 16.5. The number of hydrogen-bond acceptors (Lipinski definition) is 2. The number of methoxy groups -OCH3 is 1. The van der Waals surface area contributed by atoms with Crippen LogP contribution in [0, 0.1) is 5.92 Å². The molecule has 0 saturated heterocycles. The maximum atomic E-state index is 5.98. The fraction of sp³-hybridized carbons (Fsp3) is 0.389. The fourth-order valence-corrected chi connectivity index (χ4v) is 2.84. The van der Waals surface area contributed by atoms with Crippen LogP contribution in [0.2, 0.25) is 0 Å². The summed E-state index contributed by atoms with van der Waals surface area (Å²) in [5.74, 6) is 2.14. The fourth-order valence-electron chi connectivity index (χ4n) is 2.84. The Kier molecular flexibility index (Phi) is 4.47. The average Bonchev–Trinajstić information content (AvgIpc) is 2.50. The first-order valence-electron chi connectivity index (χ1n) is 7.86. The molecule has 0 aromatic heterocycles. The number of hydrogen-bond donors (Lipinski definition) is 2. The molecular weight excluding hydrogens is 274 g/mol. The van der Waals surface area contributed by atoms with Crippen molar-refractivity contribution in [1.82, 2.24) is 5.32 Å². The SMILES string of the molecule is COc1ccc2ccccc2c1CN=C(N)NCC1CCC1. The molecule has 0 heterocycles. The summed E-state index contributed by atoms with van der Waals surface area (Å²) in [5, 5.41) is 5.58. The largest absolute Gasteiger partial charge is 0.496 e. The summed E-state index contributed by atoms with van der Waals surface area (Å²) in [4.78, 5) is 4.49. The first-order valence-corrected chi connectivity index (χ1v) is 7.86. The lowest BCUT2D eigenvalue weighted by Crippen LogP contribution is -2.37. The molecule has 0 bridgehead atoms. The molecule has 0 spiro atoms. The van der Waals surface area contributed by atoms with Crippen molar-refractivity contribution in [2.24, 2.45) is 16.6 Å². The van der Waals surface area contributed by atoms with Gasteiger partial charge in [0.15, 0.2) is 5.96 Å². The van der Waals surface area contributed by atoms with E-state index in [1.54, 1.807) is 7.11 Å². The molecule has 1 saturated carbocycles. The summed E-state index contributed by atoms with van der Waals surface area (Å²) in [6, 6.07) is 12.3. The maximum absolute atomic E-state index is 5.98. The Bertz CT molecular complexity index is 677. The molecule has 2 aromatic rings. The highest BCUT2D eigenvalue weighted by Crippen LogP contribution is 2.28. The average molecular weight is 297 g/mol. The van der Waals surface area contributed by atoms with Crippen LogP contribution in [0.15, 0.2) is 41.4 Å². The molecule has 0 aliphatic heterocycles. The number of nitrogens with zero attached hydrogens (tertiary/aromatic N) is 1. The Morgan fingerprint density at radius 2 is 2.09 bits per heavy atom. The normalized spacial score (nSPS) is 15.6. The van der Waals surface area contributed by atoms with Gasteiger partial charge >= 0.3 is 0 Å². The van der Waals surface area contributed by atoms with Crippen molar-refractivity contribution in [2.45, 2.75) is 25.8 Å². The number of aliphatic imine (C=N–C) groups is 1. The maximum Gasteiger partial charge on any atom is 0.188 e. The lowest BCUT2D eigenvalue weighted by molar-refractivity contribution is 0.315. The van der Waals surface area contributed by atoms with Crippen LogP contribution in [0.1, 0.15) is 24.8 Å². The van der Waals surface area contributed by atoms with Crippen molar-refractivity contribution in [3.05, 3.63) is 42.0 Å². The minimum absolute atomic E-state index is 0.516. The van der Waals surface area contributed by atoms with Crippen LogP contribution in [0.5, 0.6) is 5.75 Å². The lowest BCUT2D eigenvalue weighted by Gasteiger charge is -2.25. The molecule has 0 unspecified atom stereocenters. The van der Waals surface area contributed by atoms with E-state index in [9.17, 15) is 0 Å². The molecule has 3 N–H and O–H groups in total. The second-order valence-corrected chi connectivity index (χ2v) is 5.85. The van der Waals surface area contributed by atoms with Crippen molar-refractivity contribution in [3.63, 3.8) is 0 Å². The van der Waals surface area contributed by atoms with E-state index in [1.165, 1.54) is 24.6 Å². The number of nitrogens with two attached hydrogens (primary N) is 1. The number of rotatable bonds is 5. The minimum Gasteiger partial charge on any atom is -0.496 e. The van der Waals surface area contributed by atoms with E-state index >= 15 is 0 Å². The molecular formula is C18H23N3O. The van der Waals surface area contributed by atoms with Crippen molar-refractivity contribution >= 4 is 16.7 Å². The molecule has 2 aromatic carbocycles. The number of benzene rings is 2. The standard InChI is InChI=1S/C18H23N3O/c1-22-17-10-9-14-7-2-3-8-15(14)16(17)12-21-18(19)20-11-13-5-4-6-13/h2-3,7-10,13H,4-6,11-12H2,1H3,(H3,19,20,21). The van der Waals surface area contributed by atoms with E-state index < -0.39 is 0 Å². The Labute approximate surface area is 131 Å². The summed E-state index contributed by atoms with van der Waals surface area (Å²) in [6.07, 6.45) is 3.95.